The van der Waals surface area contributed by atoms with Crippen molar-refractivity contribution < 1.29 is 0 Å². The summed E-state index contributed by atoms with van der Waals surface area (Å²) in [7, 11) is 0. The molecule has 1 fully saturated rings. The molecule has 1 saturated heterocycles. The van der Waals surface area contributed by atoms with Gasteiger partial charge in [0.25, 0.3) is 0 Å². The van der Waals surface area contributed by atoms with Crippen molar-refractivity contribution in [1.82, 2.24) is 4.90 Å². The van der Waals surface area contributed by atoms with E-state index in [1.807, 2.05) is 0 Å². The number of nitrogens with zero attached hydrogens (tertiary/aromatic N) is 1. The second-order valence-electron chi connectivity index (χ2n) is 5.44. The molecule has 100 valence electrons. The Morgan fingerprint density at radius 3 is 2.89 bits per heavy atom. The van der Waals surface area contributed by atoms with Crippen LogP contribution in [0.4, 0.5) is 0 Å². The maximum Gasteiger partial charge on any atom is 0.0233 e. The first-order valence-corrected chi connectivity index (χ1v) is 7.62. The zero-order valence-electron chi connectivity index (χ0n) is 11.3. The number of likely N-dealkylation sites (tertiary alicyclic amines) is 1. The number of hydrogen-bond acceptors (Lipinski definition) is 2. The van der Waals surface area contributed by atoms with Crippen LogP contribution in [0.5, 0.6) is 0 Å². The Bertz CT molecular complexity index is 405. The normalized spacial score (nSPS) is 25.3. The van der Waals surface area contributed by atoms with Crippen molar-refractivity contribution in [3.05, 3.63) is 33.8 Å². The predicted octanol–water partition coefficient (Wildman–Crippen LogP) is 3.32. The molecule has 0 aromatic heterocycles. The van der Waals surface area contributed by atoms with Gasteiger partial charge in [-0.25, -0.2) is 0 Å². The van der Waals surface area contributed by atoms with E-state index >= 15 is 0 Å². The van der Waals surface area contributed by atoms with Gasteiger partial charge < -0.3 is 5.73 Å². The number of aryl methyl sites for hydroxylation is 1. The molecule has 3 heteroatoms. The van der Waals surface area contributed by atoms with Crippen LogP contribution < -0.4 is 5.73 Å². The molecule has 2 rings (SSSR count). The van der Waals surface area contributed by atoms with E-state index < -0.39 is 0 Å². The Labute approximate surface area is 119 Å². The molecule has 1 heterocycles. The first-order chi connectivity index (χ1) is 8.60. The van der Waals surface area contributed by atoms with Crippen LogP contribution in [0.25, 0.3) is 0 Å². The van der Waals surface area contributed by atoms with Crippen molar-refractivity contribution in [1.29, 1.82) is 0 Å². The molecule has 2 nitrogen and oxygen atoms in total. The van der Waals surface area contributed by atoms with Gasteiger partial charge in [-0.15, -0.1) is 0 Å². The minimum atomic E-state index is 0.401. The van der Waals surface area contributed by atoms with Crippen molar-refractivity contribution in [3.63, 3.8) is 0 Å². The van der Waals surface area contributed by atoms with E-state index in [-0.39, 0.29) is 0 Å². The third-order valence-corrected chi connectivity index (χ3v) is 4.92. The monoisotopic (exact) mass is 310 g/mol. The summed E-state index contributed by atoms with van der Waals surface area (Å²) in [5.74, 6) is 0.662. The molecule has 0 radical (unpaired) electrons. The molecule has 2 atom stereocenters. The van der Waals surface area contributed by atoms with E-state index in [0.29, 0.717) is 12.0 Å². The van der Waals surface area contributed by atoms with E-state index in [4.69, 9.17) is 5.73 Å². The fraction of sp³-hybridized carbons (Fsp3) is 0.600. The van der Waals surface area contributed by atoms with Gasteiger partial charge in [0, 0.05) is 23.6 Å². The molecule has 0 aliphatic carbocycles. The number of nitrogens with two attached hydrogens (primary N) is 1. The average Bonchev–Trinajstić information content (AvgIpc) is 2.36. The van der Waals surface area contributed by atoms with Crippen molar-refractivity contribution >= 4 is 15.9 Å². The lowest BCUT2D eigenvalue weighted by molar-refractivity contribution is 0.145. The highest BCUT2D eigenvalue weighted by atomic mass is 79.9. The third-order valence-electron chi connectivity index (χ3n) is 4.03. The average molecular weight is 311 g/mol. The Kier molecular flexibility index (Phi) is 4.82. The Balaban J connectivity index is 1.99. The highest BCUT2D eigenvalue weighted by Gasteiger charge is 2.25. The van der Waals surface area contributed by atoms with Gasteiger partial charge in [0.2, 0.25) is 0 Å². The standard InChI is InChI=1S/C15H23BrN2/c1-3-13-10-18(7-6-15(13)17)9-12-4-5-14(16)11(2)8-12/h4-5,8,13,15H,3,6-7,9-10,17H2,1-2H3. The molecular formula is C15H23BrN2. The van der Waals surface area contributed by atoms with Crippen LogP contribution in [-0.4, -0.2) is 24.0 Å². The summed E-state index contributed by atoms with van der Waals surface area (Å²) in [6, 6.07) is 7.04. The van der Waals surface area contributed by atoms with Gasteiger partial charge in [-0.05, 0) is 43.0 Å². The van der Waals surface area contributed by atoms with Crippen LogP contribution in [0.3, 0.4) is 0 Å². The van der Waals surface area contributed by atoms with Gasteiger partial charge >= 0.3 is 0 Å². The molecule has 2 N–H and O–H groups in total. The smallest absolute Gasteiger partial charge is 0.0233 e. The molecule has 1 aliphatic heterocycles. The number of halogens is 1. The number of benzene rings is 1. The molecule has 0 spiro atoms. The molecule has 18 heavy (non-hydrogen) atoms. The number of hydrogen-bond donors (Lipinski definition) is 1. The van der Waals surface area contributed by atoms with Gasteiger partial charge in [-0.1, -0.05) is 41.4 Å². The summed E-state index contributed by atoms with van der Waals surface area (Å²) in [6.07, 6.45) is 2.32. The second-order valence-corrected chi connectivity index (χ2v) is 6.29. The largest absolute Gasteiger partial charge is 0.327 e. The van der Waals surface area contributed by atoms with Gasteiger partial charge in [-0.3, -0.25) is 4.90 Å². The highest BCUT2D eigenvalue weighted by molar-refractivity contribution is 9.10. The van der Waals surface area contributed by atoms with E-state index in [9.17, 15) is 0 Å². The van der Waals surface area contributed by atoms with Crippen molar-refractivity contribution in [3.8, 4) is 0 Å². The molecule has 1 aromatic rings. The van der Waals surface area contributed by atoms with Gasteiger partial charge in [-0.2, -0.15) is 0 Å². The summed E-state index contributed by atoms with van der Waals surface area (Å²) in [6.45, 7) is 7.73. The van der Waals surface area contributed by atoms with Crippen molar-refractivity contribution in [2.24, 2.45) is 11.7 Å². The van der Waals surface area contributed by atoms with Crippen molar-refractivity contribution in [2.75, 3.05) is 13.1 Å². The van der Waals surface area contributed by atoms with Crippen LogP contribution in [0.2, 0.25) is 0 Å². The van der Waals surface area contributed by atoms with Gasteiger partial charge in [0.1, 0.15) is 0 Å². The lowest BCUT2D eigenvalue weighted by Gasteiger charge is -2.36. The summed E-state index contributed by atoms with van der Waals surface area (Å²) in [4.78, 5) is 2.54. The zero-order chi connectivity index (χ0) is 13.1. The third kappa shape index (κ3) is 3.34. The molecule has 0 amide bonds. The highest BCUT2D eigenvalue weighted by Crippen LogP contribution is 2.22. The Morgan fingerprint density at radius 1 is 1.44 bits per heavy atom. The maximum atomic E-state index is 6.16. The van der Waals surface area contributed by atoms with Gasteiger partial charge in [0.05, 0.1) is 0 Å². The number of piperidine rings is 1. The molecular weight excluding hydrogens is 288 g/mol. The van der Waals surface area contributed by atoms with Crippen LogP contribution in [0.1, 0.15) is 30.9 Å². The van der Waals surface area contributed by atoms with Crippen LogP contribution in [0.15, 0.2) is 22.7 Å². The van der Waals surface area contributed by atoms with E-state index in [2.05, 4.69) is 52.9 Å². The van der Waals surface area contributed by atoms with Gasteiger partial charge in [0.15, 0.2) is 0 Å². The zero-order valence-corrected chi connectivity index (χ0v) is 12.9. The first-order valence-electron chi connectivity index (χ1n) is 6.83. The van der Waals surface area contributed by atoms with E-state index in [0.717, 1.165) is 26.1 Å². The van der Waals surface area contributed by atoms with E-state index in [1.165, 1.54) is 22.0 Å². The quantitative estimate of drug-likeness (QED) is 0.928. The maximum absolute atomic E-state index is 6.16. The van der Waals surface area contributed by atoms with Crippen LogP contribution >= 0.6 is 15.9 Å². The Morgan fingerprint density at radius 2 is 2.22 bits per heavy atom. The van der Waals surface area contributed by atoms with E-state index in [1.54, 1.807) is 0 Å². The number of rotatable bonds is 3. The summed E-state index contributed by atoms with van der Waals surface area (Å²) in [5.41, 5.74) is 8.87. The molecule has 2 unspecified atom stereocenters. The van der Waals surface area contributed by atoms with Crippen molar-refractivity contribution in [2.45, 2.75) is 39.3 Å². The summed E-state index contributed by atoms with van der Waals surface area (Å²) < 4.78 is 1.19. The summed E-state index contributed by atoms with van der Waals surface area (Å²) in [5, 5.41) is 0. The summed E-state index contributed by atoms with van der Waals surface area (Å²) >= 11 is 3.55. The predicted molar refractivity (Wildman–Crippen MR) is 80.5 cm³/mol. The molecule has 0 bridgehead atoms. The molecule has 1 aromatic carbocycles. The van der Waals surface area contributed by atoms with Crippen LogP contribution in [-0.2, 0) is 6.54 Å². The lowest BCUT2D eigenvalue weighted by Crippen LogP contribution is -2.46. The minimum Gasteiger partial charge on any atom is -0.327 e. The SMILES string of the molecule is CCC1CN(Cc2ccc(Br)c(C)c2)CCC1N. The second kappa shape index (κ2) is 6.18. The Hall–Kier alpha value is -0.380. The molecule has 0 saturated carbocycles. The minimum absolute atomic E-state index is 0.401. The lowest BCUT2D eigenvalue weighted by atomic mass is 9.90. The van der Waals surface area contributed by atoms with Crippen LogP contribution in [0, 0.1) is 12.8 Å². The molecule has 1 aliphatic rings. The fourth-order valence-electron chi connectivity index (χ4n) is 2.76. The first kappa shape index (κ1) is 14.0. The fourth-order valence-corrected chi connectivity index (χ4v) is 3.01. The topological polar surface area (TPSA) is 29.3 Å².